The summed E-state index contributed by atoms with van der Waals surface area (Å²) in [6, 6.07) is 7.63. The van der Waals surface area contributed by atoms with Gasteiger partial charge in [-0.2, -0.15) is 0 Å². The van der Waals surface area contributed by atoms with Crippen LogP contribution in [0.1, 0.15) is 54.4 Å². The lowest BCUT2D eigenvalue weighted by atomic mass is 10.1. The van der Waals surface area contributed by atoms with E-state index >= 15 is 0 Å². The number of amides is 1. The van der Waals surface area contributed by atoms with Gasteiger partial charge in [0, 0.05) is 17.5 Å². The number of benzene rings is 1. The molecular weight excluding hydrogens is 380 g/mol. The van der Waals surface area contributed by atoms with Crippen molar-refractivity contribution in [1.29, 1.82) is 0 Å². The fourth-order valence-corrected chi connectivity index (χ4v) is 5.30. The van der Waals surface area contributed by atoms with Gasteiger partial charge in [0.2, 0.25) is 0 Å². The van der Waals surface area contributed by atoms with Crippen LogP contribution >= 0.6 is 23.5 Å². The van der Waals surface area contributed by atoms with Crippen LogP contribution in [0.25, 0.3) is 0 Å². The minimum atomic E-state index is -0.441. The summed E-state index contributed by atoms with van der Waals surface area (Å²) in [6.07, 6.45) is 6.81. The molecule has 1 N–H and O–H groups in total. The van der Waals surface area contributed by atoms with Crippen LogP contribution in [0.2, 0.25) is 0 Å². The summed E-state index contributed by atoms with van der Waals surface area (Å²) in [7, 11) is 0. The maximum absolute atomic E-state index is 12.5. The summed E-state index contributed by atoms with van der Waals surface area (Å²) in [5, 5.41) is 3.00. The number of thioether (sulfide) groups is 2. The van der Waals surface area contributed by atoms with Gasteiger partial charge in [0.1, 0.15) is 4.38 Å². The van der Waals surface area contributed by atoms with E-state index in [0.717, 1.165) is 47.9 Å². The quantitative estimate of drug-likeness (QED) is 0.571. The fraction of sp³-hybridized carbons (Fsp3) is 0.550. The zero-order valence-electron chi connectivity index (χ0n) is 15.4. The van der Waals surface area contributed by atoms with Crippen molar-refractivity contribution in [2.45, 2.75) is 50.3 Å². The molecule has 0 unspecified atom stereocenters. The second-order valence-corrected chi connectivity index (χ2v) is 9.08. The first kappa shape index (κ1) is 20.3. The maximum Gasteiger partial charge on any atom is 0.338 e. The highest BCUT2D eigenvalue weighted by Crippen LogP contribution is 2.26. The van der Waals surface area contributed by atoms with Gasteiger partial charge in [-0.25, -0.2) is 4.79 Å². The van der Waals surface area contributed by atoms with Crippen molar-refractivity contribution in [2.75, 3.05) is 18.9 Å². The Morgan fingerprint density at radius 1 is 1.19 bits per heavy atom. The van der Waals surface area contributed by atoms with Crippen LogP contribution in [0, 0.1) is 0 Å². The Kier molecular flexibility index (Phi) is 8.08. The van der Waals surface area contributed by atoms with Crippen molar-refractivity contribution in [3.63, 3.8) is 0 Å². The lowest BCUT2D eigenvalue weighted by molar-refractivity contribution is -0.125. The molecule has 3 rings (SSSR count). The predicted molar refractivity (Wildman–Crippen MR) is 112 cm³/mol. The van der Waals surface area contributed by atoms with E-state index in [1.165, 1.54) is 12.8 Å². The molecule has 0 atom stereocenters. The molecule has 1 aromatic rings. The van der Waals surface area contributed by atoms with Crippen LogP contribution in [0.15, 0.2) is 29.3 Å². The van der Waals surface area contributed by atoms with Crippen molar-refractivity contribution in [3.8, 4) is 0 Å². The largest absolute Gasteiger partial charge is 0.452 e. The summed E-state index contributed by atoms with van der Waals surface area (Å²) in [6.45, 7) is 0.645. The molecule has 146 valence electrons. The normalized spacial score (nSPS) is 17.9. The van der Waals surface area contributed by atoms with E-state index in [1.807, 2.05) is 18.2 Å². The predicted octanol–water partition coefficient (Wildman–Crippen LogP) is 4.02. The van der Waals surface area contributed by atoms with Gasteiger partial charge in [-0.15, -0.1) is 0 Å². The van der Waals surface area contributed by atoms with Crippen molar-refractivity contribution in [2.24, 2.45) is 4.99 Å². The van der Waals surface area contributed by atoms with Crippen molar-refractivity contribution in [3.05, 3.63) is 35.4 Å². The van der Waals surface area contributed by atoms with Gasteiger partial charge < -0.3 is 10.1 Å². The van der Waals surface area contributed by atoms with Gasteiger partial charge in [-0.05, 0) is 24.5 Å². The van der Waals surface area contributed by atoms with Gasteiger partial charge in [0.25, 0.3) is 5.91 Å². The number of hydrogen-bond acceptors (Lipinski definition) is 6. The van der Waals surface area contributed by atoms with Gasteiger partial charge in [0.15, 0.2) is 6.61 Å². The molecule has 0 aromatic heterocycles. The molecule has 2 aliphatic rings. The molecule has 1 aromatic carbocycles. The second-order valence-electron chi connectivity index (χ2n) is 6.77. The van der Waals surface area contributed by atoms with E-state index in [9.17, 15) is 9.59 Å². The van der Waals surface area contributed by atoms with Crippen LogP contribution in [0.4, 0.5) is 0 Å². The zero-order valence-corrected chi connectivity index (χ0v) is 17.1. The van der Waals surface area contributed by atoms with E-state index < -0.39 is 5.97 Å². The Labute approximate surface area is 169 Å². The molecule has 1 aliphatic carbocycles. The van der Waals surface area contributed by atoms with Crippen LogP contribution in [-0.4, -0.2) is 41.2 Å². The molecule has 0 radical (unpaired) electrons. The number of nitrogens with one attached hydrogen (secondary N) is 1. The molecule has 1 heterocycles. The van der Waals surface area contributed by atoms with Crippen molar-refractivity contribution in [1.82, 2.24) is 5.32 Å². The standard InChI is InChI=1S/C20H26N2O3S2/c23-18(22-16-8-3-1-2-4-9-16)13-25-19(24)17-10-6-5-7-15(17)14-27-20-21-11-12-26-20/h5-7,10,16H,1-4,8-9,11-14H2,(H,22,23). The number of carbonyl (C=O) groups is 2. The first-order valence-electron chi connectivity index (χ1n) is 9.57. The first-order valence-corrected chi connectivity index (χ1v) is 11.5. The Balaban J connectivity index is 1.49. The summed E-state index contributed by atoms with van der Waals surface area (Å²) < 4.78 is 6.35. The van der Waals surface area contributed by atoms with E-state index in [1.54, 1.807) is 29.6 Å². The van der Waals surface area contributed by atoms with Crippen LogP contribution in [0.3, 0.4) is 0 Å². The highest BCUT2D eigenvalue weighted by Gasteiger charge is 2.18. The van der Waals surface area contributed by atoms with E-state index in [4.69, 9.17) is 4.74 Å². The number of aliphatic imine (C=N–C) groups is 1. The number of ether oxygens (including phenoxy) is 1. The lowest BCUT2D eigenvalue weighted by Crippen LogP contribution is -2.37. The van der Waals surface area contributed by atoms with E-state index in [0.29, 0.717) is 11.3 Å². The first-order chi connectivity index (χ1) is 13.2. The van der Waals surface area contributed by atoms with Gasteiger partial charge in [-0.3, -0.25) is 9.79 Å². The Bertz CT molecular complexity index is 686. The summed E-state index contributed by atoms with van der Waals surface area (Å²) >= 11 is 3.40. The molecule has 7 heteroatoms. The number of esters is 1. The second kappa shape index (κ2) is 10.8. The van der Waals surface area contributed by atoms with Crippen molar-refractivity contribution < 1.29 is 14.3 Å². The molecule has 0 spiro atoms. The van der Waals surface area contributed by atoms with Crippen molar-refractivity contribution >= 4 is 39.8 Å². The average Bonchev–Trinajstić information content (AvgIpc) is 3.08. The summed E-state index contributed by atoms with van der Waals surface area (Å²) in [5.74, 6) is 1.05. The topological polar surface area (TPSA) is 67.8 Å². The molecule has 27 heavy (non-hydrogen) atoms. The van der Waals surface area contributed by atoms with Crippen LogP contribution in [-0.2, 0) is 15.3 Å². The molecule has 0 bridgehead atoms. The smallest absolute Gasteiger partial charge is 0.338 e. The monoisotopic (exact) mass is 406 g/mol. The Morgan fingerprint density at radius 3 is 2.70 bits per heavy atom. The van der Waals surface area contributed by atoms with Crippen LogP contribution < -0.4 is 5.32 Å². The SMILES string of the molecule is O=C(COC(=O)c1ccccc1CSC1=NCCS1)NC1CCCCCC1. The molecule has 1 fully saturated rings. The Morgan fingerprint density at radius 2 is 1.96 bits per heavy atom. The number of rotatable bonds is 6. The fourth-order valence-electron chi connectivity index (χ4n) is 3.29. The summed E-state index contributed by atoms with van der Waals surface area (Å²) in [4.78, 5) is 29.0. The molecular formula is C20H26N2O3S2. The third kappa shape index (κ3) is 6.57. The van der Waals surface area contributed by atoms with Gasteiger partial charge >= 0.3 is 5.97 Å². The van der Waals surface area contributed by atoms with E-state index in [2.05, 4.69) is 10.3 Å². The lowest BCUT2D eigenvalue weighted by Gasteiger charge is -2.16. The average molecular weight is 407 g/mol. The third-order valence-electron chi connectivity index (χ3n) is 4.70. The van der Waals surface area contributed by atoms with E-state index in [-0.39, 0.29) is 18.6 Å². The maximum atomic E-state index is 12.5. The molecule has 0 saturated heterocycles. The van der Waals surface area contributed by atoms with Crippen LogP contribution in [0.5, 0.6) is 0 Å². The Hall–Kier alpha value is -1.47. The summed E-state index contributed by atoms with van der Waals surface area (Å²) in [5.41, 5.74) is 1.43. The molecule has 1 aliphatic heterocycles. The zero-order chi connectivity index (χ0) is 18.9. The van der Waals surface area contributed by atoms with Gasteiger partial charge in [0.05, 0.1) is 12.1 Å². The number of nitrogens with zero attached hydrogens (tertiary/aromatic N) is 1. The highest BCUT2D eigenvalue weighted by atomic mass is 32.2. The highest BCUT2D eigenvalue weighted by molar-refractivity contribution is 8.38. The number of carbonyl (C=O) groups excluding carboxylic acids is 2. The minimum Gasteiger partial charge on any atom is -0.452 e. The minimum absolute atomic E-state index is 0.209. The van der Waals surface area contributed by atoms with Gasteiger partial charge in [-0.1, -0.05) is 67.4 Å². The molecule has 1 amide bonds. The number of hydrogen-bond donors (Lipinski definition) is 1. The third-order valence-corrected chi connectivity index (χ3v) is 7.00. The molecule has 5 nitrogen and oxygen atoms in total. The molecule has 1 saturated carbocycles.